The molecule has 2 aromatic carbocycles. The molecule has 7 nitrogen and oxygen atoms in total. The Morgan fingerprint density at radius 2 is 1.71 bits per heavy atom. The van der Waals surface area contributed by atoms with Gasteiger partial charge in [-0.2, -0.15) is 4.31 Å². The number of hydrogen-bond donors (Lipinski definition) is 1. The number of sulfonamides is 1. The van der Waals surface area contributed by atoms with E-state index < -0.39 is 28.5 Å². The van der Waals surface area contributed by atoms with Crippen LogP contribution in [0.1, 0.15) is 55.1 Å². The van der Waals surface area contributed by atoms with E-state index in [0.29, 0.717) is 18.8 Å². The second kappa shape index (κ2) is 10.5. The lowest BCUT2D eigenvalue weighted by Gasteiger charge is -2.18. The summed E-state index contributed by atoms with van der Waals surface area (Å²) in [5.41, 5.74) is 2.69. The van der Waals surface area contributed by atoms with Gasteiger partial charge in [-0.3, -0.25) is 4.79 Å². The Bertz CT molecular complexity index is 1040. The molecule has 0 radical (unpaired) electrons. The molecular weight excluding hydrogens is 416 g/mol. The number of carbonyl (C=O) groups excluding carboxylic acids is 2. The quantitative estimate of drug-likeness (QED) is 0.589. The second-order valence-corrected chi connectivity index (χ2v) is 9.37. The molecule has 0 aromatic heterocycles. The third-order valence-corrected chi connectivity index (χ3v) is 6.98. The molecule has 0 bridgehead atoms. The van der Waals surface area contributed by atoms with Crippen molar-refractivity contribution in [3.05, 3.63) is 59.2 Å². The van der Waals surface area contributed by atoms with Crippen molar-refractivity contribution >= 4 is 27.6 Å². The van der Waals surface area contributed by atoms with E-state index in [4.69, 9.17) is 4.74 Å². The lowest BCUT2D eigenvalue weighted by Crippen LogP contribution is -2.30. The van der Waals surface area contributed by atoms with E-state index in [1.165, 1.54) is 28.6 Å². The average molecular weight is 447 g/mol. The number of carbonyl (C=O) groups is 2. The zero-order valence-electron chi connectivity index (χ0n) is 18.6. The largest absolute Gasteiger partial charge is 0.452 e. The third-order valence-electron chi connectivity index (χ3n) is 4.94. The molecule has 1 amide bonds. The smallest absolute Gasteiger partial charge is 0.338 e. The summed E-state index contributed by atoms with van der Waals surface area (Å²) in [4.78, 5) is 24.8. The number of ether oxygens (including phenoxy) is 1. The number of nitrogens with one attached hydrogen (secondary N) is 1. The summed E-state index contributed by atoms with van der Waals surface area (Å²) in [6.45, 7) is 9.63. The first kappa shape index (κ1) is 24.6. The van der Waals surface area contributed by atoms with E-state index in [-0.39, 0.29) is 16.4 Å². The van der Waals surface area contributed by atoms with E-state index in [2.05, 4.69) is 5.32 Å². The molecule has 0 aliphatic rings. The lowest BCUT2D eigenvalue weighted by atomic mass is 9.98. The van der Waals surface area contributed by atoms with Crippen molar-refractivity contribution in [3.8, 4) is 0 Å². The molecule has 0 aliphatic carbocycles. The van der Waals surface area contributed by atoms with Crippen molar-refractivity contribution < 1.29 is 22.7 Å². The van der Waals surface area contributed by atoms with Gasteiger partial charge in [0.15, 0.2) is 6.61 Å². The minimum atomic E-state index is -3.70. The molecule has 8 heteroatoms. The molecule has 0 spiro atoms. The Morgan fingerprint density at radius 3 is 2.32 bits per heavy atom. The fourth-order valence-corrected chi connectivity index (χ4v) is 4.73. The van der Waals surface area contributed by atoms with Crippen LogP contribution in [0.2, 0.25) is 0 Å². The third kappa shape index (κ3) is 5.92. The average Bonchev–Trinajstić information content (AvgIpc) is 2.74. The van der Waals surface area contributed by atoms with Crippen LogP contribution in [0, 0.1) is 6.92 Å². The zero-order chi connectivity index (χ0) is 23.2. The first-order valence-electron chi connectivity index (χ1n) is 10.3. The van der Waals surface area contributed by atoms with Crippen LogP contribution in [0.25, 0.3) is 0 Å². The number of para-hydroxylation sites is 1. The van der Waals surface area contributed by atoms with E-state index >= 15 is 0 Å². The highest BCUT2D eigenvalue weighted by atomic mass is 32.2. The van der Waals surface area contributed by atoms with Gasteiger partial charge in [0.2, 0.25) is 10.0 Å². The molecular formula is C23H30N2O5S. The second-order valence-electron chi connectivity index (χ2n) is 7.44. The molecule has 168 valence electrons. The Balaban J connectivity index is 2.10. The highest BCUT2D eigenvalue weighted by Crippen LogP contribution is 2.27. The van der Waals surface area contributed by atoms with Crippen LogP contribution in [0.3, 0.4) is 0 Å². The molecule has 2 aromatic rings. The van der Waals surface area contributed by atoms with Crippen molar-refractivity contribution in [2.24, 2.45) is 0 Å². The van der Waals surface area contributed by atoms with Gasteiger partial charge in [-0.25, -0.2) is 13.2 Å². The highest BCUT2D eigenvalue weighted by Gasteiger charge is 2.23. The van der Waals surface area contributed by atoms with E-state index in [1.54, 1.807) is 13.8 Å². The zero-order valence-corrected chi connectivity index (χ0v) is 19.5. The van der Waals surface area contributed by atoms with Gasteiger partial charge in [0.25, 0.3) is 5.91 Å². The summed E-state index contributed by atoms with van der Waals surface area (Å²) in [6, 6.07) is 11.4. The van der Waals surface area contributed by atoms with Gasteiger partial charge in [0.1, 0.15) is 0 Å². The van der Waals surface area contributed by atoms with Crippen LogP contribution in [-0.4, -0.2) is 44.3 Å². The monoisotopic (exact) mass is 446 g/mol. The molecule has 0 fully saturated rings. The van der Waals surface area contributed by atoms with Gasteiger partial charge >= 0.3 is 5.97 Å². The summed E-state index contributed by atoms with van der Waals surface area (Å²) < 4.78 is 31.8. The number of benzene rings is 2. The number of anilines is 1. The van der Waals surface area contributed by atoms with Gasteiger partial charge in [0.05, 0.1) is 10.5 Å². The summed E-state index contributed by atoms with van der Waals surface area (Å²) in [7, 11) is -3.70. The summed E-state index contributed by atoms with van der Waals surface area (Å²) in [5.74, 6) is -1.01. The van der Waals surface area contributed by atoms with Gasteiger partial charge in [0, 0.05) is 18.8 Å². The van der Waals surface area contributed by atoms with Crippen molar-refractivity contribution in [1.82, 2.24) is 4.31 Å². The topological polar surface area (TPSA) is 92.8 Å². The molecule has 0 aliphatic heterocycles. The van der Waals surface area contributed by atoms with Crippen molar-refractivity contribution in [3.63, 3.8) is 0 Å². The predicted octanol–water partition coefficient (Wildman–Crippen LogP) is 3.94. The summed E-state index contributed by atoms with van der Waals surface area (Å²) in [5, 5.41) is 2.81. The highest BCUT2D eigenvalue weighted by molar-refractivity contribution is 7.89. The van der Waals surface area contributed by atoms with Crippen LogP contribution in [0.5, 0.6) is 0 Å². The van der Waals surface area contributed by atoms with Crippen molar-refractivity contribution in [1.29, 1.82) is 0 Å². The first-order valence-corrected chi connectivity index (χ1v) is 11.7. The van der Waals surface area contributed by atoms with Crippen molar-refractivity contribution in [2.75, 3.05) is 25.0 Å². The maximum Gasteiger partial charge on any atom is 0.338 e. The first-order chi connectivity index (χ1) is 14.6. The molecule has 0 saturated carbocycles. The fourth-order valence-electron chi connectivity index (χ4n) is 3.23. The van der Waals surface area contributed by atoms with Gasteiger partial charge < -0.3 is 10.1 Å². The van der Waals surface area contributed by atoms with E-state index in [1.807, 2.05) is 39.0 Å². The standard InChI is InChI=1S/C23H30N2O5S/c1-6-25(7-2)31(28,29)19-12-9-11-18(14-19)23(27)30-15-21(26)24-22-17(5)10-8-13-20(22)16(3)4/h8-14,16H,6-7,15H2,1-5H3,(H,24,26). The maximum atomic E-state index is 12.7. The lowest BCUT2D eigenvalue weighted by molar-refractivity contribution is -0.119. The number of aryl methyl sites for hydroxylation is 1. The van der Waals surface area contributed by atoms with Crippen LogP contribution in [0.15, 0.2) is 47.4 Å². The number of rotatable bonds is 9. The molecule has 2 rings (SSSR count). The fraction of sp³-hybridized carbons (Fsp3) is 0.391. The van der Waals surface area contributed by atoms with E-state index in [0.717, 1.165) is 11.1 Å². The number of amides is 1. The normalized spacial score (nSPS) is 11.6. The van der Waals surface area contributed by atoms with E-state index in [9.17, 15) is 18.0 Å². The number of esters is 1. The van der Waals surface area contributed by atoms with Crippen LogP contribution < -0.4 is 5.32 Å². The van der Waals surface area contributed by atoms with Crippen LogP contribution >= 0.6 is 0 Å². The van der Waals surface area contributed by atoms with Crippen LogP contribution in [-0.2, 0) is 19.6 Å². The number of nitrogens with zero attached hydrogens (tertiary/aromatic N) is 1. The predicted molar refractivity (Wildman–Crippen MR) is 121 cm³/mol. The molecule has 0 saturated heterocycles. The molecule has 0 unspecified atom stereocenters. The van der Waals surface area contributed by atoms with Crippen LogP contribution in [0.4, 0.5) is 5.69 Å². The Kier molecular flexibility index (Phi) is 8.36. The Labute approximate surface area is 184 Å². The Morgan fingerprint density at radius 1 is 1.06 bits per heavy atom. The molecule has 1 N–H and O–H groups in total. The van der Waals surface area contributed by atoms with Gasteiger partial charge in [-0.15, -0.1) is 0 Å². The number of hydrogen-bond acceptors (Lipinski definition) is 5. The minimum Gasteiger partial charge on any atom is -0.452 e. The van der Waals surface area contributed by atoms with Gasteiger partial charge in [-0.05, 0) is 42.2 Å². The van der Waals surface area contributed by atoms with Crippen molar-refractivity contribution in [2.45, 2.75) is 45.4 Å². The Hall–Kier alpha value is -2.71. The molecule has 0 atom stereocenters. The van der Waals surface area contributed by atoms with Gasteiger partial charge in [-0.1, -0.05) is 52.0 Å². The summed E-state index contributed by atoms with van der Waals surface area (Å²) in [6.07, 6.45) is 0. The maximum absolute atomic E-state index is 12.7. The SMILES string of the molecule is CCN(CC)S(=O)(=O)c1cccc(C(=O)OCC(=O)Nc2c(C)cccc2C(C)C)c1. The molecule has 31 heavy (non-hydrogen) atoms. The summed E-state index contributed by atoms with van der Waals surface area (Å²) >= 11 is 0. The minimum absolute atomic E-state index is 0.0107. The molecule has 0 heterocycles.